The van der Waals surface area contributed by atoms with Gasteiger partial charge in [0.25, 0.3) is 0 Å². The number of benzene rings is 1. The fourth-order valence-corrected chi connectivity index (χ4v) is 1.85. The molecule has 3 N–H and O–H groups in total. The number of halogens is 1. The molecule has 1 heterocycles. The van der Waals surface area contributed by atoms with Crippen LogP contribution in [0.15, 0.2) is 23.2 Å². The number of urea groups is 1. The number of hydrogen-bond acceptors (Lipinski definition) is 4. The number of para-hydroxylation sites is 1. The molecule has 1 aliphatic rings. The third-order valence-electron chi connectivity index (χ3n) is 2.55. The molecule has 0 atom stereocenters. The van der Waals surface area contributed by atoms with Gasteiger partial charge in [0, 0.05) is 0 Å². The Balaban J connectivity index is 2.19. The van der Waals surface area contributed by atoms with Gasteiger partial charge in [0.05, 0.1) is 25.2 Å². The molecule has 6 nitrogen and oxygen atoms in total. The van der Waals surface area contributed by atoms with Gasteiger partial charge in [0.15, 0.2) is 5.96 Å². The van der Waals surface area contributed by atoms with Crippen molar-refractivity contribution in [2.24, 2.45) is 10.7 Å². The second-order valence-electron chi connectivity index (χ2n) is 3.64. The summed E-state index contributed by atoms with van der Waals surface area (Å²) in [6.07, 6.45) is 0. The van der Waals surface area contributed by atoms with Crippen molar-refractivity contribution in [3.8, 4) is 5.75 Å². The molecule has 0 aromatic heterocycles. The number of hydrogen-bond donors (Lipinski definition) is 2. The van der Waals surface area contributed by atoms with Crippen LogP contribution in [0.5, 0.6) is 5.75 Å². The first-order valence-corrected chi connectivity index (χ1v) is 5.72. The summed E-state index contributed by atoms with van der Waals surface area (Å²) in [5, 5.41) is 3.07. The SMILES string of the molecule is COc1cccc(Cl)c1NC(=O)N1CCN=C1N. The molecule has 0 aliphatic carbocycles. The number of carbonyl (C=O) groups excluding carboxylic acids is 1. The molecule has 0 spiro atoms. The zero-order valence-corrected chi connectivity index (χ0v) is 10.6. The Labute approximate surface area is 109 Å². The smallest absolute Gasteiger partial charge is 0.328 e. The van der Waals surface area contributed by atoms with Crippen LogP contribution in [-0.2, 0) is 0 Å². The zero-order chi connectivity index (χ0) is 13.1. The fourth-order valence-electron chi connectivity index (χ4n) is 1.64. The highest BCUT2D eigenvalue weighted by Crippen LogP contribution is 2.32. The predicted molar refractivity (Wildman–Crippen MR) is 70.2 cm³/mol. The number of nitrogens with two attached hydrogens (primary N) is 1. The Morgan fingerprint density at radius 2 is 2.39 bits per heavy atom. The van der Waals surface area contributed by atoms with Crippen molar-refractivity contribution in [2.75, 3.05) is 25.5 Å². The summed E-state index contributed by atoms with van der Waals surface area (Å²) in [5.74, 6) is 0.698. The van der Waals surface area contributed by atoms with E-state index < -0.39 is 0 Å². The van der Waals surface area contributed by atoms with E-state index in [-0.39, 0.29) is 12.0 Å². The third-order valence-corrected chi connectivity index (χ3v) is 2.86. The lowest BCUT2D eigenvalue weighted by Gasteiger charge is -2.18. The van der Waals surface area contributed by atoms with E-state index in [1.165, 1.54) is 12.0 Å². The number of aliphatic imine (C=N–C) groups is 1. The number of amides is 2. The molecular weight excluding hydrogens is 256 g/mol. The van der Waals surface area contributed by atoms with Crippen molar-refractivity contribution in [3.63, 3.8) is 0 Å². The molecule has 2 rings (SSSR count). The Hall–Kier alpha value is -1.95. The van der Waals surface area contributed by atoms with Crippen molar-refractivity contribution in [1.29, 1.82) is 0 Å². The van der Waals surface area contributed by atoms with Crippen molar-refractivity contribution in [3.05, 3.63) is 23.2 Å². The van der Waals surface area contributed by atoms with Crippen molar-refractivity contribution >= 4 is 29.3 Å². The predicted octanol–water partition coefficient (Wildman–Crippen LogP) is 1.51. The van der Waals surface area contributed by atoms with Gasteiger partial charge in [-0.2, -0.15) is 0 Å². The van der Waals surface area contributed by atoms with E-state index in [1.807, 2.05) is 0 Å². The van der Waals surface area contributed by atoms with Crippen LogP contribution < -0.4 is 15.8 Å². The highest BCUT2D eigenvalue weighted by atomic mass is 35.5. The van der Waals surface area contributed by atoms with Gasteiger partial charge in [0.1, 0.15) is 11.4 Å². The van der Waals surface area contributed by atoms with E-state index in [0.29, 0.717) is 29.5 Å². The van der Waals surface area contributed by atoms with Crippen LogP contribution in [-0.4, -0.2) is 37.1 Å². The lowest BCUT2D eigenvalue weighted by Crippen LogP contribution is -2.41. The number of rotatable bonds is 2. The van der Waals surface area contributed by atoms with Gasteiger partial charge in [0.2, 0.25) is 0 Å². The lowest BCUT2D eigenvalue weighted by molar-refractivity contribution is 0.236. The molecule has 96 valence electrons. The van der Waals surface area contributed by atoms with Crippen LogP contribution in [0.3, 0.4) is 0 Å². The van der Waals surface area contributed by atoms with Gasteiger partial charge in [-0.15, -0.1) is 0 Å². The second-order valence-corrected chi connectivity index (χ2v) is 4.05. The summed E-state index contributed by atoms with van der Waals surface area (Å²) in [4.78, 5) is 17.3. The maximum atomic E-state index is 12.0. The first kappa shape index (κ1) is 12.5. The molecule has 0 unspecified atom stereocenters. The minimum Gasteiger partial charge on any atom is -0.495 e. The van der Waals surface area contributed by atoms with Crippen LogP contribution in [0, 0.1) is 0 Å². The maximum Gasteiger partial charge on any atom is 0.328 e. The summed E-state index contributed by atoms with van der Waals surface area (Å²) < 4.78 is 5.14. The number of guanidine groups is 1. The number of methoxy groups -OCH3 is 1. The molecule has 0 radical (unpaired) electrons. The van der Waals surface area contributed by atoms with Crippen LogP contribution in [0.2, 0.25) is 5.02 Å². The van der Waals surface area contributed by atoms with Crippen molar-refractivity contribution in [1.82, 2.24) is 4.90 Å². The summed E-state index contributed by atoms with van der Waals surface area (Å²) in [6.45, 7) is 0.976. The Kier molecular flexibility index (Phi) is 3.57. The average molecular weight is 269 g/mol. The zero-order valence-electron chi connectivity index (χ0n) is 9.81. The summed E-state index contributed by atoms with van der Waals surface area (Å²) in [5.41, 5.74) is 6.02. The van der Waals surface area contributed by atoms with E-state index in [9.17, 15) is 4.79 Å². The van der Waals surface area contributed by atoms with Gasteiger partial charge in [-0.25, -0.2) is 4.79 Å². The Morgan fingerprint density at radius 1 is 1.61 bits per heavy atom. The summed E-state index contributed by atoms with van der Waals surface area (Å²) >= 11 is 6.02. The summed E-state index contributed by atoms with van der Waals surface area (Å²) in [7, 11) is 1.51. The molecule has 0 saturated heterocycles. The van der Waals surface area contributed by atoms with E-state index in [2.05, 4.69) is 10.3 Å². The molecule has 1 aromatic rings. The fraction of sp³-hybridized carbons (Fsp3) is 0.273. The second kappa shape index (κ2) is 5.14. The number of ether oxygens (including phenoxy) is 1. The van der Waals surface area contributed by atoms with Gasteiger partial charge in [-0.05, 0) is 12.1 Å². The Morgan fingerprint density at radius 3 is 3.00 bits per heavy atom. The van der Waals surface area contributed by atoms with Crippen LogP contribution in [0.1, 0.15) is 0 Å². The lowest BCUT2D eigenvalue weighted by atomic mass is 10.3. The number of nitrogens with zero attached hydrogens (tertiary/aromatic N) is 2. The highest BCUT2D eigenvalue weighted by molar-refractivity contribution is 6.34. The third kappa shape index (κ3) is 2.33. The molecule has 0 bridgehead atoms. The molecule has 18 heavy (non-hydrogen) atoms. The van der Waals surface area contributed by atoms with Crippen molar-refractivity contribution in [2.45, 2.75) is 0 Å². The van der Waals surface area contributed by atoms with E-state index in [1.54, 1.807) is 18.2 Å². The number of carbonyl (C=O) groups is 1. The van der Waals surface area contributed by atoms with Gasteiger partial charge < -0.3 is 15.8 Å². The van der Waals surface area contributed by atoms with E-state index in [0.717, 1.165) is 0 Å². The minimum absolute atomic E-state index is 0.207. The molecule has 0 fully saturated rings. The molecule has 2 amide bonds. The Bertz CT molecular complexity index is 504. The average Bonchev–Trinajstić information content (AvgIpc) is 2.78. The summed E-state index contributed by atoms with van der Waals surface area (Å²) in [6, 6.07) is 4.74. The molecule has 0 saturated carbocycles. The number of nitrogens with one attached hydrogen (secondary N) is 1. The van der Waals surface area contributed by atoms with Gasteiger partial charge in [-0.3, -0.25) is 9.89 Å². The highest BCUT2D eigenvalue weighted by Gasteiger charge is 2.22. The maximum absolute atomic E-state index is 12.0. The molecule has 7 heteroatoms. The quantitative estimate of drug-likeness (QED) is 0.853. The molecule has 1 aromatic carbocycles. The topological polar surface area (TPSA) is 80.0 Å². The van der Waals surface area contributed by atoms with Crippen LogP contribution >= 0.6 is 11.6 Å². The van der Waals surface area contributed by atoms with E-state index >= 15 is 0 Å². The minimum atomic E-state index is -0.375. The van der Waals surface area contributed by atoms with Gasteiger partial charge >= 0.3 is 6.03 Å². The first-order chi connectivity index (χ1) is 8.63. The van der Waals surface area contributed by atoms with Crippen LogP contribution in [0.25, 0.3) is 0 Å². The van der Waals surface area contributed by atoms with Crippen LogP contribution in [0.4, 0.5) is 10.5 Å². The van der Waals surface area contributed by atoms with Gasteiger partial charge in [-0.1, -0.05) is 17.7 Å². The number of anilines is 1. The normalized spacial score (nSPS) is 14.3. The van der Waals surface area contributed by atoms with Crippen molar-refractivity contribution < 1.29 is 9.53 Å². The first-order valence-electron chi connectivity index (χ1n) is 5.34. The van der Waals surface area contributed by atoms with E-state index in [4.69, 9.17) is 22.1 Å². The monoisotopic (exact) mass is 268 g/mol. The molecule has 1 aliphatic heterocycles. The standard InChI is InChI=1S/C11H13ClN4O2/c1-18-8-4-2-3-7(12)9(8)15-11(17)16-6-5-14-10(16)13/h2-4H,5-6H2,1H3,(H2,13,14)(H,15,17). The molecular formula is C11H13ClN4O2. The largest absolute Gasteiger partial charge is 0.495 e.